The van der Waals surface area contributed by atoms with Crippen molar-refractivity contribution in [3.63, 3.8) is 0 Å². The van der Waals surface area contributed by atoms with Gasteiger partial charge in [0.2, 0.25) is 5.88 Å². The Morgan fingerprint density at radius 3 is 2.80 bits per heavy atom. The van der Waals surface area contributed by atoms with E-state index in [1.807, 2.05) is 37.3 Å². The van der Waals surface area contributed by atoms with Gasteiger partial charge in [-0.3, -0.25) is 4.79 Å². The van der Waals surface area contributed by atoms with Gasteiger partial charge in [0.1, 0.15) is 11.3 Å². The van der Waals surface area contributed by atoms with Crippen molar-refractivity contribution < 1.29 is 33.4 Å². The molecule has 0 amide bonds. The number of aromatic nitrogens is 3. The highest BCUT2D eigenvalue weighted by Crippen LogP contribution is 2.30. The van der Waals surface area contributed by atoms with Gasteiger partial charge in [0.15, 0.2) is 12.1 Å². The van der Waals surface area contributed by atoms with Gasteiger partial charge in [0.05, 0.1) is 19.8 Å². The summed E-state index contributed by atoms with van der Waals surface area (Å²) in [4.78, 5) is 31.9. The van der Waals surface area contributed by atoms with Crippen LogP contribution in [0, 0.1) is 12.8 Å². The highest BCUT2D eigenvalue weighted by Gasteiger charge is 2.20. The fourth-order valence-electron chi connectivity index (χ4n) is 4.68. The number of ketones is 1. The Bertz CT molecular complexity index is 1290. The summed E-state index contributed by atoms with van der Waals surface area (Å²) in [5.74, 6) is 1.11. The second-order valence-corrected chi connectivity index (χ2v) is 10.1. The van der Waals surface area contributed by atoms with Crippen LogP contribution in [0.1, 0.15) is 56.0 Å². The van der Waals surface area contributed by atoms with Crippen molar-refractivity contribution >= 4 is 11.8 Å². The van der Waals surface area contributed by atoms with Gasteiger partial charge in [0, 0.05) is 25.6 Å². The maximum atomic E-state index is 11.6. The number of benzene rings is 1. The lowest BCUT2D eigenvalue weighted by Gasteiger charge is -2.16. The minimum absolute atomic E-state index is 0.149. The Morgan fingerprint density at radius 2 is 2.02 bits per heavy atom. The van der Waals surface area contributed by atoms with Gasteiger partial charge in [-0.2, -0.15) is 4.98 Å². The van der Waals surface area contributed by atoms with Gasteiger partial charge < -0.3 is 29.2 Å². The first-order chi connectivity index (χ1) is 19.9. The Morgan fingerprint density at radius 1 is 1.20 bits per heavy atom. The van der Waals surface area contributed by atoms with E-state index in [0.29, 0.717) is 60.8 Å². The van der Waals surface area contributed by atoms with Gasteiger partial charge in [-0.05, 0) is 68.4 Å². The maximum Gasteiger partial charge on any atom is 0.375 e. The number of nitrogens with zero attached hydrogens (tertiary/aromatic N) is 3. The number of pyridine rings is 1. The molecule has 0 bridgehead atoms. The molecular formula is C30H38N4O7. The van der Waals surface area contributed by atoms with Crippen molar-refractivity contribution in [3.8, 4) is 23.1 Å². The Balaban J connectivity index is 1.23. The minimum atomic E-state index is -1.07. The number of hydrogen-bond acceptors (Lipinski definition) is 11. The molecule has 3 aromatic rings. The smallest absolute Gasteiger partial charge is 0.375 e. The highest BCUT2D eigenvalue weighted by molar-refractivity contribution is 6.34. The minimum Gasteiger partial charge on any atom is -0.477 e. The predicted molar refractivity (Wildman–Crippen MR) is 149 cm³/mol. The molecule has 41 heavy (non-hydrogen) atoms. The summed E-state index contributed by atoms with van der Waals surface area (Å²) in [6, 6.07) is 9.45. The van der Waals surface area contributed by atoms with Crippen LogP contribution in [0.2, 0.25) is 0 Å². The van der Waals surface area contributed by atoms with Gasteiger partial charge >= 0.3 is 5.97 Å². The fourth-order valence-corrected chi connectivity index (χ4v) is 4.68. The van der Waals surface area contributed by atoms with E-state index in [1.54, 1.807) is 13.1 Å². The quantitative estimate of drug-likeness (QED) is 0.113. The average molecular weight is 567 g/mol. The Kier molecular flexibility index (Phi) is 11.2. The predicted octanol–water partition coefficient (Wildman–Crippen LogP) is 3.60. The third-order valence-corrected chi connectivity index (χ3v) is 6.90. The molecule has 1 saturated carbocycles. The van der Waals surface area contributed by atoms with Gasteiger partial charge in [-0.15, -0.1) is 0 Å². The van der Waals surface area contributed by atoms with E-state index in [2.05, 4.69) is 25.2 Å². The molecule has 1 atom stereocenters. The van der Waals surface area contributed by atoms with Crippen molar-refractivity contribution in [1.82, 2.24) is 20.4 Å². The zero-order chi connectivity index (χ0) is 29.0. The first-order valence-corrected chi connectivity index (χ1v) is 14.2. The number of ether oxygens (including phenoxy) is 3. The summed E-state index contributed by atoms with van der Waals surface area (Å²) in [5, 5.41) is 17.2. The lowest BCUT2D eigenvalue weighted by Crippen LogP contribution is -2.32. The normalized spacial score (nSPS) is 14.1. The molecule has 1 fully saturated rings. The summed E-state index contributed by atoms with van der Waals surface area (Å²) in [7, 11) is 0. The third kappa shape index (κ3) is 9.09. The second-order valence-electron chi connectivity index (χ2n) is 10.1. The highest BCUT2D eigenvalue weighted by atomic mass is 16.6. The number of rotatable bonds is 16. The van der Waals surface area contributed by atoms with Gasteiger partial charge in [0.25, 0.3) is 11.7 Å². The monoisotopic (exact) mass is 566 g/mol. The molecule has 11 heteroatoms. The van der Waals surface area contributed by atoms with Crippen LogP contribution in [0.5, 0.6) is 11.6 Å². The van der Waals surface area contributed by atoms with E-state index in [4.69, 9.17) is 14.0 Å². The number of nitrogens with one attached hydrogen (secondary N) is 1. The number of aryl methyl sites for hydroxylation is 3. The van der Waals surface area contributed by atoms with Crippen LogP contribution in [0.15, 0.2) is 41.1 Å². The molecule has 0 radical (unpaired) electrons. The van der Waals surface area contributed by atoms with Crippen LogP contribution in [-0.2, 0) is 27.2 Å². The Labute approximate surface area is 239 Å². The van der Waals surface area contributed by atoms with E-state index in [9.17, 15) is 14.7 Å². The number of esters is 1. The first kappa shape index (κ1) is 30.1. The number of Topliss-reactive ketones (excluding diaryl/α,β-unsaturated/α-hetero) is 1. The van der Waals surface area contributed by atoms with Gasteiger partial charge in [-0.25, -0.2) is 9.78 Å². The summed E-state index contributed by atoms with van der Waals surface area (Å²) >= 11 is 0. The van der Waals surface area contributed by atoms with E-state index >= 15 is 0 Å². The molecule has 0 saturated heterocycles. The SMILES string of the molecule is CCOC(=O)C(=O)CNCC[C@@H](O)Oc1ccc(CCc2noc(-c3cccnc3OCC3CCCC3)n2)cc1C. The summed E-state index contributed by atoms with van der Waals surface area (Å²) < 4.78 is 21.9. The van der Waals surface area contributed by atoms with Crippen molar-refractivity contribution in [2.24, 2.45) is 5.92 Å². The van der Waals surface area contributed by atoms with Crippen LogP contribution in [-0.4, -0.2) is 64.6 Å². The van der Waals surface area contributed by atoms with Crippen molar-refractivity contribution in [1.29, 1.82) is 0 Å². The summed E-state index contributed by atoms with van der Waals surface area (Å²) in [5.41, 5.74) is 2.64. The van der Waals surface area contributed by atoms with Crippen LogP contribution >= 0.6 is 0 Å². The zero-order valence-corrected chi connectivity index (χ0v) is 23.6. The van der Waals surface area contributed by atoms with E-state index in [0.717, 1.165) is 11.1 Å². The van der Waals surface area contributed by atoms with E-state index in [-0.39, 0.29) is 19.6 Å². The van der Waals surface area contributed by atoms with Crippen molar-refractivity contribution in [3.05, 3.63) is 53.5 Å². The molecule has 1 aliphatic rings. The molecule has 1 aliphatic carbocycles. The van der Waals surface area contributed by atoms with Crippen molar-refractivity contribution in [2.75, 3.05) is 26.3 Å². The second kappa shape index (κ2) is 15.2. The molecule has 0 spiro atoms. The standard InChI is InChI=1S/C30H38N4O7/c1-3-38-30(37)24(35)18-31-16-14-27(36)40-25-12-10-21(17-20(25)2)11-13-26-33-29(41-34-26)23-9-6-15-32-28(23)39-19-22-7-4-5-8-22/h6,9-10,12,15,17,22,27,31,36H,3-5,7-8,11,13-14,16,18-19H2,1-2H3/t27-/m0/s1. The summed E-state index contributed by atoms with van der Waals surface area (Å²) in [6.07, 6.45) is 7.06. The molecule has 220 valence electrons. The molecule has 0 aliphatic heterocycles. The van der Waals surface area contributed by atoms with Crippen LogP contribution in [0.25, 0.3) is 11.5 Å². The number of aliphatic hydroxyl groups is 1. The summed E-state index contributed by atoms with van der Waals surface area (Å²) in [6.45, 7) is 4.48. The Hall–Kier alpha value is -3.83. The van der Waals surface area contributed by atoms with Gasteiger partial charge in [-0.1, -0.05) is 30.1 Å². The number of carbonyl (C=O) groups is 2. The van der Waals surface area contributed by atoms with E-state index < -0.39 is 18.0 Å². The largest absolute Gasteiger partial charge is 0.477 e. The average Bonchev–Trinajstić information content (AvgIpc) is 3.67. The molecule has 0 unspecified atom stereocenters. The molecule has 2 heterocycles. The molecule has 11 nitrogen and oxygen atoms in total. The lowest BCUT2D eigenvalue weighted by molar-refractivity contribution is -0.153. The lowest BCUT2D eigenvalue weighted by atomic mass is 10.1. The van der Waals surface area contributed by atoms with Crippen LogP contribution in [0.3, 0.4) is 0 Å². The third-order valence-electron chi connectivity index (χ3n) is 6.90. The van der Waals surface area contributed by atoms with Crippen LogP contribution in [0.4, 0.5) is 0 Å². The molecule has 2 N–H and O–H groups in total. The van der Waals surface area contributed by atoms with Crippen LogP contribution < -0.4 is 14.8 Å². The first-order valence-electron chi connectivity index (χ1n) is 14.2. The molecular weight excluding hydrogens is 528 g/mol. The molecule has 1 aromatic carbocycles. The molecule has 2 aromatic heterocycles. The van der Waals surface area contributed by atoms with Crippen molar-refractivity contribution in [2.45, 2.75) is 65.1 Å². The topological polar surface area (TPSA) is 146 Å². The fraction of sp³-hybridized carbons (Fsp3) is 0.500. The number of hydrogen-bond donors (Lipinski definition) is 2. The zero-order valence-electron chi connectivity index (χ0n) is 23.6. The molecule has 4 rings (SSSR count). The van der Waals surface area contributed by atoms with E-state index in [1.165, 1.54) is 25.7 Å². The number of aliphatic hydroxyl groups excluding tert-OH is 1. The number of carbonyl (C=O) groups excluding carboxylic acids is 2. The maximum absolute atomic E-state index is 11.6.